The third-order valence-electron chi connectivity index (χ3n) is 3.55. The average Bonchev–Trinajstić information content (AvgIpc) is 2.47. The SMILES string of the molecule is CCC(O)c1ccccc1OCc1cc(C)ccc1C. The summed E-state index contributed by atoms with van der Waals surface area (Å²) in [6, 6.07) is 14.1. The molecule has 0 amide bonds. The third kappa shape index (κ3) is 3.40. The smallest absolute Gasteiger partial charge is 0.125 e. The fourth-order valence-electron chi connectivity index (χ4n) is 2.22. The Morgan fingerprint density at radius 2 is 1.85 bits per heavy atom. The predicted molar refractivity (Wildman–Crippen MR) is 81.9 cm³/mol. The lowest BCUT2D eigenvalue weighted by atomic mass is 10.1. The van der Waals surface area contributed by atoms with Crippen molar-refractivity contribution in [2.45, 2.75) is 39.9 Å². The van der Waals surface area contributed by atoms with Gasteiger partial charge in [0.15, 0.2) is 0 Å². The molecule has 1 atom stereocenters. The Morgan fingerprint density at radius 1 is 1.10 bits per heavy atom. The van der Waals surface area contributed by atoms with Crippen molar-refractivity contribution in [3.05, 3.63) is 64.7 Å². The van der Waals surface area contributed by atoms with E-state index in [1.54, 1.807) is 0 Å². The van der Waals surface area contributed by atoms with Crippen LogP contribution < -0.4 is 4.74 Å². The molecule has 0 aliphatic carbocycles. The van der Waals surface area contributed by atoms with E-state index in [0.717, 1.165) is 11.3 Å². The van der Waals surface area contributed by atoms with Gasteiger partial charge in [-0.25, -0.2) is 0 Å². The Hall–Kier alpha value is -1.80. The molecular formula is C18H22O2. The summed E-state index contributed by atoms with van der Waals surface area (Å²) in [5, 5.41) is 10.0. The zero-order chi connectivity index (χ0) is 14.5. The summed E-state index contributed by atoms with van der Waals surface area (Å²) in [6.07, 6.45) is 0.217. The first kappa shape index (κ1) is 14.6. The Kier molecular flexibility index (Phi) is 4.80. The first-order valence-corrected chi connectivity index (χ1v) is 7.07. The van der Waals surface area contributed by atoms with Crippen LogP contribution in [0.25, 0.3) is 0 Å². The van der Waals surface area contributed by atoms with Gasteiger partial charge < -0.3 is 9.84 Å². The molecule has 0 saturated carbocycles. The van der Waals surface area contributed by atoms with Crippen LogP contribution in [0.5, 0.6) is 5.75 Å². The second-order valence-corrected chi connectivity index (χ2v) is 5.18. The van der Waals surface area contributed by atoms with E-state index in [-0.39, 0.29) is 0 Å². The van der Waals surface area contributed by atoms with Gasteiger partial charge in [-0.2, -0.15) is 0 Å². The predicted octanol–water partition coefficient (Wildman–Crippen LogP) is 4.33. The van der Waals surface area contributed by atoms with E-state index < -0.39 is 6.10 Å². The van der Waals surface area contributed by atoms with E-state index in [1.807, 2.05) is 31.2 Å². The monoisotopic (exact) mass is 270 g/mol. The largest absolute Gasteiger partial charge is 0.489 e. The molecule has 1 N–H and O–H groups in total. The van der Waals surface area contributed by atoms with Crippen molar-refractivity contribution in [2.24, 2.45) is 0 Å². The summed E-state index contributed by atoms with van der Waals surface area (Å²) in [5.74, 6) is 0.766. The zero-order valence-electron chi connectivity index (χ0n) is 12.4. The number of hydrogen-bond donors (Lipinski definition) is 1. The standard InChI is InChI=1S/C18H22O2/c1-4-17(19)16-7-5-6-8-18(16)20-12-15-11-13(2)9-10-14(15)3/h5-11,17,19H,4,12H2,1-3H3. The van der Waals surface area contributed by atoms with E-state index in [2.05, 4.69) is 32.0 Å². The van der Waals surface area contributed by atoms with Crippen LogP contribution in [0.1, 0.15) is 41.7 Å². The Labute approximate surface area is 121 Å². The maximum atomic E-state index is 10.0. The van der Waals surface area contributed by atoms with Crippen molar-refractivity contribution in [2.75, 3.05) is 0 Å². The molecule has 0 saturated heterocycles. The first-order valence-electron chi connectivity index (χ1n) is 7.07. The van der Waals surface area contributed by atoms with Crippen molar-refractivity contribution >= 4 is 0 Å². The molecule has 1 unspecified atom stereocenters. The van der Waals surface area contributed by atoms with E-state index in [0.29, 0.717) is 13.0 Å². The summed E-state index contributed by atoms with van der Waals surface area (Å²) in [5.41, 5.74) is 4.51. The number of hydrogen-bond acceptors (Lipinski definition) is 2. The summed E-state index contributed by atoms with van der Waals surface area (Å²) >= 11 is 0. The summed E-state index contributed by atoms with van der Waals surface area (Å²) in [4.78, 5) is 0. The summed E-state index contributed by atoms with van der Waals surface area (Å²) in [7, 11) is 0. The maximum Gasteiger partial charge on any atom is 0.125 e. The van der Waals surface area contributed by atoms with Crippen molar-refractivity contribution in [3.8, 4) is 5.75 Å². The molecule has 2 aromatic carbocycles. The number of rotatable bonds is 5. The molecule has 0 spiro atoms. The van der Waals surface area contributed by atoms with Crippen molar-refractivity contribution in [3.63, 3.8) is 0 Å². The van der Waals surface area contributed by atoms with Crippen LogP contribution in [0.3, 0.4) is 0 Å². The second kappa shape index (κ2) is 6.58. The zero-order valence-corrected chi connectivity index (χ0v) is 12.4. The quantitative estimate of drug-likeness (QED) is 0.876. The van der Waals surface area contributed by atoms with Gasteiger partial charge in [0.25, 0.3) is 0 Å². The molecule has 2 rings (SSSR count). The number of aryl methyl sites for hydroxylation is 2. The van der Waals surface area contributed by atoms with Crippen LogP contribution in [0.15, 0.2) is 42.5 Å². The van der Waals surface area contributed by atoms with Gasteiger partial charge in [-0.05, 0) is 37.5 Å². The van der Waals surface area contributed by atoms with Gasteiger partial charge in [-0.15, -0.1) is 0 Å². The van der Waals surface area contributed by atoms with Crippen molar-refractivity contribution < 1.29 is 9.84 Å². The van der Waals surface area contributed by atoms with E-state index in [9.17, 15) is 5.11 Å². The lowest BCUT2D eigenvalue weighted by Crippen LogP contribution is -2.03. The second-order valence-electron chi connectivity index (χ2n) is 5.18. The van der Waals surface area contributed by atoms with Crippen LogP contribution in [-0.4, -0.2) is 5.11 Å². The lowest BCUT2D eigenvalue weighted by molar-refractivity contribution is 0.166. The Balaban J connectivity index is 2.17. The van der Waals surface area contributed by atoms with Crippen LogP contribution in [0.4, 0.5) is 0 Å². The molecule has 20 heavy (non-hydrogen) atoms. The average molecular weight is 270 g/mol. The van der Waals surface area contributed by atoms with Gasteiger partial charge in [0.05, 0.1) is 6.10 Å². The van der Waals surface area contributed by atoms with Gasteiger partial charge in [0, 0.05) is 5.56 Å². The molecule has 0 fully saturated rings. The molecular weight excluding hydrogens is 248 g/mol. The topological polar surface area (TPSA) is 29.5 Å². The molecule has 0 heterocycles. The highest BCUT2D eigenvalue weighted by Gasteiger charge is 2.11. The first-order chi connectivity index (χ1) is 9.61. The number of para-hydroxylation sites is 1. The number of benzene rings is 2. The summed E-state index contributed by atoms with van der Waals surface area (Å²) in [6.45, 7) is 6.66. The van der Waals surface area contributed by atoms with Crippen LogP contribution in [0.2, 0.25) is 0 Å². The number of ether oxygens (including phenoxy) is 1. The van der Waals surface area contributed by atoms with Gasteiger partial charge in [-0.3, -0.25) is 0 Å². The minimum Gasteiger partial charge on any atom is -0.489 e. The Morgan fingerprint density at radius 3 is 2.60 bits per heavy atom. The molecule has 0 aromatic heterocycles. The highest BCUT2D eigenvalue weighted by atomic mass is 16.5. The van der Waals surface area contributed by atoms with Crippen LogP contribution >= 0.6 is 0 Å². The minimum atomic E-state index is -0.468. The Bertz CT molecular complexity index is 575. The number of aliphatic hydroxyl groups excluding tert-OH is 1. The van der Waals surface area contributed by atoms with E-state index in [1.165, 1.54) is 16.7 Å². The van der Waals surface area contributed by atoms with Gasteiger partial charge >= 0.3 is 0 Å². The normalized spacial score (nSPS) is 12.2. The highest BCUT2D eigenvalue weighted by Crippen LogP contribution is 2.27. The fourth-order valence-corrected chi connectivity index (χ4v) is 2.22. The molecule has 106 valence electrons. The highest BCUT2D eigenvalue weighted by molar-refractivity contribution is 5.36. The van der Waals surface area contributed by atoms with Crippen LogP contribution in [0, 0.1) is 13.8 Å². The molecule has 2 nitrogen and oxygen atoms in total. The molecule has 2 aromatic rings. The summed E-state index contributed by atoms with van der Waals surface area (Å²) < 4.78 is 5.92. The van der Waals surface area contributed by atoms with E-state index in [4.69, 9.17) is 4.74 Å². The lowest BCUT2D eigenvalue weighted by Gasteiger charge is -2.16. The fraction of sp³-hybridized carbons (Fsp3) is 0.333. The number of aliphatic hydroxyl groups is 1. The molecule has 0 aliphatic heterocycles. The molecule has 0 aliphatic rings. The van der Waals surface area contributed by atoms with Crippen LogP contribution in [-0.2, 0) is 6.61 Å². The van der Waals surface area contributed by atoms with Gasteiger partial charge in [0.1, 0.15) is 12.4 Å². The molecule has 2 heteroatoms. The van der Waals surface area contributed by atoms with Crippen molar-refractivity contribution in [1.82, 2.24) is 0 Å². The third-order valence-corrected chi connectivity index (χ3v) is 3.55. The van der Waals surface area contributed by atoms with E-state index >= 15 is 0 Å². The van der Waals surface area contributed by atoms with Gasteiger partial charge in [-0.1, -0.05) is 48.9 Å². The minimum absolute atomic E-state index is 0.468. The van der Waals surface area contributed by atoms with Gasteiger partial charge in [0.2, 0.25) is 0 Å². The molecule has 0 bridgehead atoms. The maximum absolute atomic E-state index is 10.0. The molecule has 0 radical (unpaired) electrons. The van der Waals surface area contributed by atoms with Crippen molar-refractivity contribution in [1.29, 1.82) is 0 Å².